The largest absolute Gasteiger partial charge is 0.455 e. The number of hydrogen-bond donors (Lipinski definition) is 1. The van der Waals surface area contributed by atoms with Crippen molar-refractivity contribution in [3.05, 3.63) is 81.7 Å². The predicted molar refractivity (Wildman–Crippen MR) is 108 cm³/mol. The Bertz CT molecular complexity index is 1110. The lowest BCUT2D eigenvalue weighted by atomic mass is 10.2. The number of nitrogens with zero attached hydrogens (tertiary/aromatic N) is 3. The second-order valence-corrected chi connectivity index (χ2v) is 6.79. The van der Waals surface area contributed by atoms with Gasteiger partial charge in [0.1, 0.15) is 11.5 Å². The van der Waals surface area contributed by atoms with E-state index >= 15 is 0 Å². The Morgan fingerprint density at radius 1 is 1.00 bits per heavy atom. The van der Waals surface area contributed by atoms with Crippen LogP contribution in [0.5, 0.6) is 0 Å². The van der Waals surface area contributed by atoms with E-state index in [9.17, 15) is 0 Å². The van der Waals surface area contributed by atoms with Crippen LogP contribution in [0.3, 0.4) is 0 Å². The van der Waals surface area contributed by atoms with Gasteiger partial charge in [0.15, 0.2) is 5.82 Å². The predicted octanol–water partition coefficient (Wildman–Crippen LogP) is 5.51. The Labute approximate surface area is 163 Å². The Balaban J connectivity index is 1.63. The van der Waals surface area contributed by atoms with Crippen molar-refractivity contribution >= 4 is 34.4 Å². The number of hydrogen-bond acceptors (Lipinski definition) is 4. The molecule has 5 nitrogen and oxygen atoms in total. The van der Waals surface area contributed by atoms with E-state index < -0.39 is 0 Å². The van der Waals surface area contributed by atoms with Crippen molar-refractivity contribution in [1.29, 1.82) is 0 Å². The third-order valence-corrected chi connectivity index (χ3v) is 4.53. The zero-order chi connectivity index (χ0) is 17.9. The number of rotatable bonds is 4. The first-order valence-electron chi connectivity index (χ1n) is 7.84. The maximum atomic E-state index is 5.85. The summed E-state index contributed by atoms with van der Waals surface area (Å²) in [5.41, 5.74) is 1.92. The standard InChI is InChI=1S/C19H13BrN4OS/c20-15-8-6-13(7-9-15)17-11-10-16(25-17)12-21-24-18(22-23-19(24)26)14-4-2-1-3-5-14/h1-12H,(H,23,26)/b21-12+. The molecule has 0 atom stereocenters. The molecule has 0 saturated carbocycles. The van der Waals surface area contributed by atoms with Gasteiger partial charge in [0.25, 0.3) is 0 Å². The van der Waals surface area contributed by atoms with Crippen molar-refractivity contribution in [3.63, 3.8) is 0 Å². The summed E-state index contributed by atoms with van der Waals surface area (Å²) in [5, 5.41) is 11.5. The van der Waals surface area contributed by atoms with Crippen LogP contribution in [0.25, 0.3) is 22.7 Å². The van der Waals surface area contributed by atoms with Crippen molar-refractivity contribution in [2.24, 2.45) is 5.10 Å². The van der Waals surface area contributed by atoms with Gasteiger partial charge in [0, 0.05) is 15.6 Å². The lowest BCUT2D eigenvalue weighted by Crippen LogP contribution is -1.94. The Kier molecular flexibility index (Phi) is 4.64. The highest BCUT2D eigenvalue weighted by Crippen LogP contribution is 2.23. The van der Waals surface area contributed by atoms with E-state index in [1.54, 1.807) is 10.9 Å². The third-order valence-electron chi connectivity index (χ3n) is 3.74. The molecule has 7 heteroatoms. The van der Waals surface area contributed by atoms with Crippen molar-refractivity contribution in [3.8, 4) is 22.7 Å². The summed E-state index contributed by atoms with van der Waals surface area (Å²) in [7, 11) is 0. The van der Waals surface area contributed by atoms with Gasteiger partial charge in [-0.25, -0.2) is 5.10 Å². The number of benzene rings is 2. The van der Waals surface area contributed by atoms with Gasteiger partial charge in [0.2, 0.25) is 4.77 Å². The molecule has 0 bridgehead atoms. The lowest BCUT2D eigenvalue weighted by molar-refractivity contribution is 0.574. The van der Waals surface area contributed by atoms with Crippen LogP contribution >= 0.6 is 28.1 Å². The molecule has 0 aliphatic carbocycles. The molecule has 2 aromatic carbocycles. The van der Waals surface area contributed by atoms with E-state index in [0.29, 0.717) is 16.4 Å². The quantitative estimate of drug-likeness (QED) is 0.346. The fraction of sp³-hybridized carbons (Fsp3) is 0. The molecule has 0 radical (unpaired) electrons. The maximum Gasteiger partial charge on any atom is 0.216 e. The van der Waals surface area contributed by atoms with Gasteiger partial charge >= 0.3 is 0 Å². The third kappa shape index (κ3) is 3.44. The van der Waals surface area contributed by atoms with Crippen LogP contribution in [0, 0.1) is 4.77 Å². The van der Waals surface area contributed by atoms with Crippen LogP contribution < -0.4 is 0 Å². The van der Waals surface area contributed by atoms with Gasteiger partial charge < -0.3 is 4.42 Å². The van der Waals surface area contributed by atoms with Crippen molar-refractivity contribution in [2.75, 3.05) is 0 Å². The highest BCUT2D eigenvalue weighted by atomic mass is 79.9. The molecule has 0 fully saturated rings. The summed E-state index contributed by atoms with van der Waals surface area (Å²) in [6.07, 6.45) is 1.63. The highest BCUT2D eigenvalue weighted by Gasteiger charge is 2.08. The molecule has 4 rings (SSSR count). The molecule has 0 saturated heterocycles. The lowest BCUT2D eigenvalue weighted by Gasteiger charge is -2.00. The van der Waals surface area contributed by atoms with Gasteiger partial charge in [-0.1, -0.05) is 58.4 Å². The molecule has 0 aliphatic rings. The first-order chi connectivity index (χ1) is 12.7. The van der Waals surface area contributed by atoms with E-state index in [0.717, 1.165) is 21.4 Å². The zero-order valence-electron chi connectivity index (χ0n) is 13.5. The van der Waals surface area contributed by atoms with E-state index in [1.807, 2.05) is 66.7 Å². The molecule has 0 unspecified atom stereocenters. The minimum atomic E-state index is 0.416. The number of H-pyrrole nitrogens is 1. The van der Waals surface area contributed by atoms with Crippen LogP contribution in [0.2, 0.25) is 0 Å². The molecule has 1 N–H and O–H groups in total. The second-order valence-electron chi connectivity index (χ2n) is 5.48. The Hall–Kier alpha value is -2.77. The van der Waals surface area contributed by atoms with E-state index in [4.69, 9.17) is 16.6 Å². The minimum absolute atomic E-state index is 0.416. The molecule has 0 aliphatic heterocycles. The van der Waals surface area contributed by atoms with E-state index in [-0.39, 0.29) is 0 Å². The fourth-order valence-electron chi connectivity index (χ4n) is 2.48. The van der Waals surface area contributed by atoms with E-state index in [1.165, 1.54) is 0 Å². The molecule has 0 spiro atoms. The summed E-state index contributed by atoms with van der Waals surface area (Å²) >= 11 is 8.71. The Morgan fingerprint density at radius 3 is 2.54 bits per heavy atom. The number of aromatic amines is 1. The van der Waals surface area contributed by atoms with Crippen molar-refractivity contribution in [1.82, 2.24) is 14.9 Å². The first-order valence-corrected chi connectivity index (χ1v) is 9.04. The molecular weight excluding hydrogens is 412 g/mol. The molecule has 26 heavy (non-hydrogen) atoms. The first kappa shape index (κ1) is 16.7. The average Bonchev–Trinajstić information content (AvgIpc) is 3.28. The molecule has 4 aromatic rings. The van der Waals surface area contributed by atoms with Gasteiger partial charge in [-0.2, -0.15) is 14.9 Å². The molecule has 2 heterocycles. The SMILES string of the molecule is S=c1[nH]nc(-c2ccccc2)n1/N=C/c1ccc(-c2ccc(Br)cc2)o1. The van der Waals surface area contributed by atoms with Gasteiger partial charge in [-0.15, -0.1) is 0 Å². The number of nitrogens with one attached hydrogen (secondary N) is 1. The molecule has 0 amide bonds. The van der Waals surface area contributed by atoms with Gasteiger partial charge in [-0.3, -0.25) is 0 Å². The van der Waals surface area contributed by atoms with Gasteiger partial charge in [-0.05, 0) is 36.5 Å². The summed E-state index contributed by atoms with van der Waals surface area (Å²) in [4.78, 5) is 0. The summed E-state index contributed by atoms with van der Waals surface area (Å²) in [6, 6.07) is 21.5. The smallest absolute Gasteiger partial charge is 0.216 e. The monoisotopic (exact) mass is 424 g/mol. The summed E-state index contributed by atoms with van der Waals surface area (Å²) < 4.78 is 8.87. The fourth-order valence-corrected chi connectivity index (χ4v) is 2.92. The number of furan rings is 1. The molecule has 2 aromatic heterocycles. The van der Waals surface area contributed by atoms with Crippen LogP contribution in [0.15, 0.2) is 80.7 Å². The Morgan fingerprint density at radius 2 is 1.77 bits per heavy atom. The van der Waals surface area contributed by atoms with E-state index in [2.05, 4.69) is 31.2 Å². The topological polar surface area (TPSA) is 59.1 Å². The van der Waals surface area contributed by atoms with Crippen LogP contribution in [0.4, 0.5) is 0 Å². The summed E-state index contributed by atoms with van der Waals surface area (Å²) in [6.45, 7) is 0. The van der Waals surface area contributed by atoms with Crippen LogP contribution in [-0.2, 0) is 0 Å². The minimum Gasteiger partial charge on any atom is -0.455 e. The van der Waals surface area contributed by atoms with Crippen LogP contribution in [0.1, 0.15) is 5.76 Å². The number of aromatic nitrogens is 3. The van der Waals surface area contributed by atoms with Crippen molar-refractivity contribution in [2.45, 2.75) is 0 Å². The second kappa shape index (κ2) is 7.23. The molecular formula is C19H13BrN4OS. The van der Waals surface area contributed by atoms with Gasteiger partial charge in [0.05, 0.1) is 6.21 Å². The average molecular weight is 425 g/mol. The zero-order valence-corrected chi connectivity index (χ0v) is 15.9. The van der Waals surface area contributed by atoms with Crippen molar-refractivity contribution < 1.29 is 4.42 Å². The molecule has 128 valence electrons. The normalized spacial score (nSPS) is 11.3. The summed E-state index contributed by atoms with van der Waals surface area (Å²) in [5.74, 6) is 2.05. The van der Waals surface area contributed by atoms with Crippen LogP contribution in [-0.4, -0.2) is 21.1 Å². The maximum absolute atomic E-state index is 5.85. The highest BCUT2D eigenvalue weighted by molar-refractivity contribution is 9.10. The number of halogens is 1.